The zero-order chi connectivity index (χ0) is 14.8. The van der Waals surface area contributed by atoms with Crippen molar-refractivity contribution in [1.82, 2.24) is 9.97 Å². The molecule has 110 valence electrons. The van der Waals surface area contributed by atoms with Gasteiger partial charge in [0.1, 0.15) is 27.7 Å². The number of hydrogen-bond acceptors (Lipinski definition) is 5. The summed E-state index contributed by atoms with van der Waals surface area (Å²) in [5, 5.41) is 3.28. The lowest BCUT2D eigenvalue weighted by Crippen LogP contribution is -2.01. The van der Waals surface area contributed by atoms with Gasteiger partial charge < -0.3 is 14.8 Å². The molecule has 6 heteroatoms. The van der Waals surface area contributed by atoms with Crippen molar-refractivity contribution < 1.29 is 9.47 Å². The molecule has 0 saturated heterocycles. The summed E-state index contributed by atoms with van der Waals surface area (Å²) in [6, 6.07) is 7.48. The van der Waals surface area contributed by atoms with E-state index < -0.39 is 0 Å². The van der Waals surface area contributed by atoms with Gasteiger partial charge in [0.2, 0.25) is 0 Å². The van der Waals surface area contributed by atoms with E-state index in [0.717, 1.165) is 27.7 Å². The SMILES string of the molecule is COc1ccc(Nc2cc(Br)nc(C3CC3)n2)c(OC)c1. The molecule has 3 rings (SSSR count). The minimum Gasteiger partial charge on any atom is -0.497 e. The maximum absolute atomic E-state index is 5.38. The Morgan fingerprint density at radius 3 is 2.62 bits per heavy atom. The molecule has 1 aliphatic carbocycles. The molecule has 1 aliphatic rings. The number of methoxy groups -OCH3 is 2. The lowest BCUT2D eigenvalue weighted by molar-refractivity contribution is 0.395. The molecule has 0 aliphatic heterocycles. The van der Waals surface area contributed by atoms with Gasteiger partial charge in [-0.05, 0) is 40.9 Å². The van der Waals surface area contributed by atoms with Gasteiger partial charge in [-0.1, -0.05) is 0 Å². The van der Waals surface area contributed by atoms with Crippen LogP contribution in [0.1, 0.15) is 24.6 Å². The first kappa shape index (κ1) is 14.1. The lowest BCUT2D eigenvalue weighted by Gasteiger charge is -2.12. The standard InChI is InChI=1S/C15H16BrN3O2/c1-20-10-5-6-11(12(7-10)21-2)17-14-8-13(16)18-15(19-14)9-3-4-9/h5-9H,3-4H2,1-2H3,(H,17,18,19). The van der Waals surface area contributed by atoms with Crippen molar-refractivity contribution in [3.8, 4) is 11.5 Å². The molecule has 0 spiro atoms. The zero-order valence-electron chi connectivity index (χ0n) is 11.9. The van der Waals surface area contributed by atoms with E-state index in [2.05, 4.69) is 31.2 Å². The van der Waals surface area contributed by atoms with Gasteiger partial charge in [-0.15, -0.1) is 0 Å². The average molecular weight is 350 g/mol. The highest BCUT2D eigenvalue weighted by atomic mass is 79.9. The van der Waals surface area contributed by atoms with Crippen LogP contribution in [0.25, 0.3) is 0 Å². The Morgan fingerprint density at radius 2 is 1.95 bits per heavy atom. The molecule has 1 aromatic heterocycles. The van der Waals surface area contributed by atoms with Crippen LogP contribution in [0.3, 0.4) is 0 Å². The number of nitrogens with zero attached hydrogens (tertiary/aromatic N) is 2. The summed E-state index contributed by atoms with van der Waals surface area (Å²) in [4.78, 5) is 8.99. The monoisotopic (exact) mass is 349 g/mol. The molecule has 1 fully saturated rings. The maximum atomic E-state index is 5.38. The fourth-order valence-electron chi connectivity index (χ4n) is 2.06. The van der Waals surface area contributed by atoms with Crippen molar-refractivity contribution in [2.45, 2.75) is 18.8 Å². The second-order valence-electron chi connectivity index (χ2n) is 4.90. The van der Waals surface area contributed by atoms with Crippen molar-refractivity contribution in [3.05, 3.63) is 34.7 Å². The highest BCUT2D eigenvalue weighted by Crippen LogP contribution is 2.39. The first-order valence-electron chi connectivity index (χ1n) is 6.73. The van der Waals surface area contributed by atoms with Gasteiger partial charge in [0, 0.05) is 18.1 Å². The Labute approximate surface area is 131 Å². The van der Waals surface area contributed by atoms with E-state index in [9.17, 15) is 0 Å². The first-order chi connectivity index (χ1) is 10.2. The van der Waals surface area contributed by atoms with E-state index in [1.54, 1.807) is 14.2 Å². The van der Waals surface area contributed by atoms with Crippen LogP contribution in [0.2, 0.25) is 0 Å². The third-order valence-corrected chi connectivity index (χ3v) is 3.73. The van der Waals surface area contributed by atoms with E-state index in [0.29, 0.717) is 11.7 Å². The summed E-state index contributed by atoms with van der Waals surface area (Å²) in [6.07, 6.45) is 2.34. The molecular weight excluding hydrogens is 334 g/mol. The minimum atomic E-state index is 0.501. The predicted octanol–water partition coefficient (Wildman–Crippen LogP) is 3.88. The van der Waals surface area contributed by atoms with Crippen LogP contribution in [0, 0.1) is 0 Å². The topological polar surface area (TPSA) is 56.3 Å². The average Bonchev–Trinajstić information content (AvgIpc) is 3.31. The Balaban J connectivity index is 1.89. The predicted molar refractivity (Wildman–Crippen MR) is 84.5 cm³/mol. The van der Waals surface area contributed by atoms with Gasteiger partial charge in [-0.2, -0.15) is 0 Å². The van der Waals surface area contributed by atoms with E-state index in [4.69, 9.17) is 9.47 Å². The molecule has 0 bridgehead atoms. The van der Waals surface area contributed by atoms with Gasteiger partial charge in [0.25, 0.3) is 0 Å². The van der Waals surface area contributed by atoms with Crippen LogP contribution in [-0.4, -0.2) is 24.2 Å². The Morgan fingerprint density at radius 1 is 1.14 bits per heavy atom. The largest absolute Gasteiger partial charge is 0.497 e. The van der Waals surface area contributed by atoms with Gasteiger partial charge in [0.15, 0.2) is 0 Å². The highest BCUT2D eigenvalue weighted by molar-refractivity contribution is 9.10. The lowest BCUT2D eigenvalue weighted by atomic mass is 10.2. The number of aromatic nitrogens is 2. The van der Waals surface area contributed by atoms with E-state index in [-0.39, 0.29) is 0 Å². The number of anilines is 2. The highest BCUT2D eigenvalue weighted by Gasteiger charge is 2.27. The Bertz CT molecular complexity index is 659. The van der Waals surface area contributed by atoms with Crippen LogP contribution in [-0.2, 0) is 0 Å². The van der Waals surface area contributed by atoms with Gasteiger partial charge >= 0.3 is 0 Å². The van der Waals surface area contributed by atoms with Crippen molar-refractivity contribution in [2.75, 3.05) is 19.5 Å². The van der Waals surface area contributed by atoms with Crippen LogP contribution in [0.5, 0.6) is 11.5 Å². The number of ether oxygens (including phenoxy) is 2. The molecule has 1 saturated carbocycles. The van der Waals surface area contributed by atoms with E-state index >= 15 is 0 Å². The van der Waals surface area contributed by atoms with Crippen molar-refractivity contribution in [3.63, 3.8) is 0 Å². The molecule has 0 radical (unpaired) electrons. The number of nitrogens with one attached hydrogen (secondary N) is 1. The van der Waals surface area contributed by atoms with E-state index in [1.807, 2.05) is 24.3 Å². The minimum absolute atomic E-state index is 0.501. The molecule has 1 aromatic carbocycles. The molecule has 2 aromatic rings. The summed E-state index contributed by atoms with van der Waals surface area (Å²) in [7, 11) is 3.26. The van der Waals surface area contributed by atoms with E-state index in [1.165, 1.54) is 12.8 Å². The number of benzene rings is 1. The van der Waals surface area contributed by atoms with Crippen LogP contribution < -0.4 is 14.8 Å². The third-order valence-electron chi connectivity index (χ3n) is 3.33. The second-order valence-corrected chi connectivity index (χ2v) is 5.71. The number of halogens is 1. The normalized spacial score (nSPS) is 13.9. The second kappa shape index (κ2) is 5.89. The summed E-state index contributed by atoms with van der Waals surface area (Å²) >= 11 is 3.44. The first-order valence-corrected chi connectivity index (χ1v) is 7.52. The quantitative estimate of drug-likeness (QED) is 0.830. The fourth-order valence-corrected chi connectivity index (χ4v) is 2.46. The molecule has 0 atom stereocenters. The molecule has 0 unspecified atom stereocenters. The Hall–Kier alpha value is -1.82. The zero-order valence-corrected chi connectivity index (χ0v) is 13.5. The van der Waals surface area contributed by atoms with Crippen molar-refractivity contribution in [1.29, 1.82) is 0 Å². The number of hydrogen-bond donors (Lipinski definition) is 1. The third kappa shape index (κ3) is 3.26. The van der Waals surface area contributed by atoms with Crippen LogP contribution in [0.15, 0.2) is 28.9 Å². The molecule has 1 N–H and O–H groups in total. The van der Waals surface area contributed by atoms with Gasteiger partial charge in [0.05, 0.1) is 19.9 Å². The van der Waals surface area contributed by atoms with Crippen LogP contribution >= 0.6 is 15.9 Å². The van der Waals surface area contributed by atoms with Gasteiger partial charge in [-0.3, -0.25) is 0 Å². The molecule has 21 heavy (non-hydrogen) atoms. The molecule has 1 heterocycles. The fraction of sp³-hybridized carbons (Fsp3) is 0.333. The summed E-state index contributed by atoms with van der Waals surface area (Å²) in [5.41, 5.74) is 0.839. The number of rotatable bonds is 5. The van der Waals surface area contributed by atoms with Gasteiger partial charge in [-0.25, -0.2) is 9.97 Å². The smallest absolute Gasteiger partial charge is 0.146 e. The van der Waals surface area contributed by atoms with Crippen LogP contribution in [0.4, 0.5) is 11.5 Å². The molecule has 0 amide bonds. The summed E-state index contributed by atoms with van der Waals surface area (Å²) < 4.78 is 11.4. The Kier molecular flexibility index (Phi) is 3.96. The molecule has 5 nitrogen and oxygen atoms in total. The van der Waals surface area contributed by atoms with Crippen molar-refractivity contribution in [2.24, 2.45) is 0 Å². The molecular formula is C15H16BrN3O2. The summed E-state index contributed by atoms with van der Waals surface area (Å²) in [5.74, 6) is 3.60. The summed E-state index contributed by atoms with van der Waals surface area (Å²) in [6.45, 7) is 0. The van der Waals surface area contributed by atoms with Crippen molar-refractivity contribution >= 4 is 27.4 Å². The maximum Gasteiger partial charge on any atom is 0.146 e.